The summed E-state index contributed by atoms with van der Waals surface area (Å²) >= 11 is 1.06. The van der Waals surface area contributed by atoms with Crippen molar-refractivity contribution in [3.8, 4) is 5.69 Å². The minimum Gasteiger partial charge on any atom is -0.272 e. The Balaban J connectivity index is 1.51. The molecular formula is C25H21N5O5S. The Morgan fingerprint density at radius 1 is 1.00 bits per heavy atom. The van der Waals surface area contributed by atoms with Gasteiger partial charge in [-0.2, -0.15) is 0 Å². The van der Waals surface area contributed by atoms with Crippen molar-refractivity contribution in [2.75, 3.05) is 5.75 Å². The fourth-order valence-corrected chi connectivity index (χ4v) is 4.21. The van der Waals surface area contributed by atoms with Crippen molar-refractivity contribution in [3.05, 3.63) is 104 Å². The van der Waals surface area contributed by atoms with Crippen LogP contribution in [0.2, 0.25) is 0 Å². The third-order valence-corrected chi connectivity index (χ3v) is 6.42. The lowest BCUT2D eigenvalue weighted by Crippen LogP contribution is -2.42. The largest absolute Gasteiger partial charge is 0.272 e. The molecule has 4 aromatic rings. The summed E-state index contributed by atoms with van der Waals surface area (Å²) in [5.41, 5.74) is 7.57. The van der Waals surface area contributed by atoms with Gasteiger partial charge in [0.1, 0.15) is 0 Å². The number of non-ortho nitro benzene ring substituents is 1. The van der Waals surface area contributed by atoms with Gasteiger partial charge in [-0.1, -0.05) is 30.0 Å². The van der Waals surface area contributed by atoms with Crippen molar-refractivity contribution in [2.24, 2.45) is 0 Å². The predicted octanol–water partition coefficient (Wildman–Crippen LogP) is 3.46. The number of hydrogen-bond acceptors (Lipinski definition) is 7. The Hall–Kier alpha value is -4.51. The molecule has 4 rings (SSSR count). The Labute approximate surface area is 209 Å². The number of hydrogen-bond donors (Lipinski definition) is 2. The first-order chi connectivity index (χ1) is 17.2. The number of nitrogens with zero attached hydrogens (tertiary/aromatic N) is 3. The number of fused-ring (bicyclic) bond motifs is 1. The highest BCUT2D eigenvalue weighted by atomic mass is 32.2. The molecule has 1 aromatic heterocycles. The van der Waals surface area contributed by atoms with Gasteiger partial charge >= 0.3 is 0 Å². The molecular weight excluding hydrogens is 482 g/mol. The van der Waals surface area contributed by atoms with E-state index in [1.807, 2.05) is 32.0 Å². The van der Waals surface area contributed by atoms with Gasteiger partial charge in [0.25, 0.3) is 17.2 Å². The Morgan fingerprint density at radius 3 is 2.42 bits per heavy atom. The van der Waals surface area contributed by atoms with Gasteiger partial charge in [0.15, 0.2) is 5.16 Å². The molecule has 0 bridgehead atoms. The van der Waals surface area contributed by atoms with E-state index >= 15 is 0 Å². The summed E-state index contributed by atoms with van der Waals surface area (Å²) in [7, 11) is 0. The highest BCUT2D eigenvalue weighted by molar-refractivity contribution is 7.99. The number of nitro benzene ring substituents is 1. The van der Waals surface area contributed by atoms with Crippen LogP contribution in [0.3, 0.4) is 0 Å². The van der Waals surface area contributed by atoms with E-state index in [1.165, 1.54) is 28.8 Å². The molecule has 0 aliphatic carbocycles. The number of amides is 2. The van der Waals surface area contributed by atoms with Gasteiger partial charge in [-0.3, -0.25) is 39.9 Å². The average molecular weight is 504 g/mol. The van der Waals surface area contributed by atoms with Crippen LogP contribution in [0.15, 0.2) is 76.7 Å². The van der Waals surface area contributed by atoms with Gasteiger partial charge in [-0.25, -0.2) is 4.98 Å². The SMILES string of the molecule is Cc1ccc(-n2c(SCC(=O)NNC(=O)c3ccc([N+](=O)[O-])cc3)nc3ccccc3c2=O)cc1C. The van der Waals surface area contributed by atoms with Gasteiger partial charge in [0.05, 0.1) is 27.3 Å². The van der Waals surface area contributed by atoms with Crippen molar-refractivity contribution in [2.45, 2.75) is 19.0 Å². The molecule has 10 nitrogen and oxygen atoms in total. The average Bonchev–Trinajstić information content (AvgIpc) is 2.88. The number of aromatic nitrogens is 2. The standard InChI is InChI=1S/C25H21N5O5S/c1-15-7-10-19(13-16(15)2)29-24(33)20-5-3-4-6-21(20)26-25(29)36-14-22(31)27-28-23(32)17-8-11-18(12-9-17)30(34)35/h3-13H,14H2,1-2H3,(H,27,31)(H,28,32). The number of benzene rings is 3. The van der Waals surface area contributed by atoms with Crippen LogP contribution in [0, 0.1) is 24.0 Å². The van der Waals surface area contributed by atoms with E-state index in [1.54, 1.807) is 24.3 Å². The molecule has 2 amide bonds. The van der Waals surface area contributed by atoms with Gasteiger partial charge in [0, 0.05) is 17.7 Å². The quantitative estimate of drug-likeness (QED) is 0.178. The summed E-state index contributed by atoms with van der Waals surface area (Å²) in [6, 6.07) is 17.6. The number of carbonyl (C=O) groups excluding carboxylic acids is 2. The molecule has 0 atom stereocenters. The fourth-order valence-electron chi connectivity index (χ4n) is 3.40. The van der Waals surface area contributed by atoms with Gasteiger partial charge in [-0.05, 0) is 61.4 Å². The van der Waals surface area contributed by atoms with Crippen LogP contribution in [0.4, 0.5) is 5.69 Å². The van der Waals surface area contributed by atoms with E-state index in [2.05, 4.69) is 15.8 Å². The topological polar surface area (TPSA) is 136 Å². The molecule has 2 N–H and O–H groups in total. The van der Waals surface area contributed by atoms with E-state index in [0.29, 0.717) is 21.7 Å². The molecule has 0 saturated heterocycles. The minimum absolute atomic E-state index is 0.129. The molecule has 0 fully saturated rings. The molecule has 0 spiro atoms. The Bertz CT molecular complexity index is 1550. The maximum atomic E-state index is 13.3. The van der Waals surface area contributed by atoms with Gasteiger partial charge < -0.3 is 0 Å². The molecule has 0 radical (unpaired) electrons. The van der Waals surface area contributed by atoms with Crippen LogP contribution in [0.1, 0.15) is 21.5 Å². The number of thioether (sulfide) groups is 1. The predicted molar refractivity (Wildman–Crippen MR) is 136 cm³/mol. The minimum atomic E-state index is -0.626. The van der Waals surface area contributed by atoms with Crippen LogP contribution in [-0.2, 0) is 4.79 Å². The summed E-state index contributed by atoms with van der Waals surface area (Å²) in [5.74, 6) is -1.28. The van der Waals surface area contributed by atoms with Gasteiger partial charge in [0.2, 0.25) is 5.91 Å². The molecule has 1 heterocycles. The second-order valence-electron chi connectivity index (χ2n) is 7.92. The zero-order chi connectivity index (χ0) is 25.8. The zero-order valence-electron chi connectivity index (χ0n) is 19.3. The van der Waals surface area contributed by atoms with Crippen molar-refractivity contribution in [1.82, 2.24) is 20.4 Å². The van der Waals surface area contributed by atoms with Crippen LogP contribution in [-0.4, -0.2) is 32.0 Å². The van der Waals surface area contributed by atoms with Crippen molar-refractivity contribution in [1.29, 1.82) is 0 Å². The van der Waals surface area contributed by atoms with Gasteiger partial charge in [-0.15, -0.1) is 0 Å². The first-order valence-corrected chi connectivity index (χ1v) is 11.8. The van der Waals surface area contributed by atoms with Crippen molar-refractivity contribution in [3.63, 3.8) is 0 Å². The van der Waals surface area contributed by atoms with E-state index in [-0.39, 0.29) is 22.6 Å². The maximum absolute atomic E-state index is 13.3. The summed E-state index contributed by atoms with van der Waals surface area (Å²) in [4.78, 5) is 52.8. The van der Waals surface area contributed by atoms with E-state index in [4.69, 9.17) is 0 Å². The second-order valence-corrected chi connectivity index (χ2v) is 8.86. The lowest BCUT2D eigenvalue weighted by atomic mass is 10.1. The van der Waals surface area contributed by atoms with Crippen molar-refractivity contribution < 1.29 is 14.5 Å². The molecule has 0 saturated carbocycles. The second kappa shape index (κ2) is 10.4. The smallest absolute Gasteiger partial charge is 0.269 e. The number of aryl methyl sites for hydroxylation is 2. The molecule has 0 unspecified atom stereocenters. The van der Waals surface area contributed by atoms with Crippen molar-refractivity contribution >= 4 is 40.2 Å². The Morgan fingerprint density at radius 2 is 1.72 bits per heavy atom. The van der Waals surface area contributed by atoms with E-state index < -0.39 is 16.7 Å². The third kappa shape index (κ3) is 5.26. The molecule has 182 valence electrons. The highest BCUT2D eigenvalue weighted by Gasteiger charge is 2.16. The molecule has 0 aliphatic heterocycles. The highest BCUT2D eigenvalue weighted by Crippen LogP contribution is 2.22. The summed E-state index contributed by atoms with van der Waals surface area (Å²) in [5, 5.41) is 11.5. The summed E-state index contributed by atoms with van der Waals surface area (Å²) in [6.45, 7) is 3.93. The van der Waals surface area contributed by atoms with E-state index in [0.717, 1.165) is 22.9 Å². The van der Waals surface area contributed by atoms with Crippen LogP contribution < -0.4 is 16.4 Å². The monoisotopic (exact) mass is 503 g/mol. The number of para-hydroxylation sites is 1. The molecule has 0 aliphatic rings. The first-order valence-electron chi connectivity index (χ1n) is 10.8. The van der Waals surface area contributed by atoms with E-state index in [9.17, 15) is 24.5 Å². The molecule has 11 heteroatoms. The molecule has 36 heavy (non-hydrogen) atoms. The summed E-state index contributed by atoms with van der Waals surface area (Å²) in [6.07, 6.45) is 0. The maximum Gasteiger partial charge on any atom is 0.269 e. The molecule has 3 aromatic carbocycles. The third-order valence-electron chi connectivity index (χ3n) is 5.48. The van der Waals surface area contributed by atoms with Crippen LogP contribution in [0.25, 0.3) is 16.6 Å². The normalized spacial score (nSPS) is 10.7. The number of nitrogens with one attached hydrogen (secondary N) is 2. The Kier molecular flexibility index (Phi) is 7.11. The summed E-state index contributed by atoms with van der Waals surface area (Å²) < 4.78 is 1.47. The van der Waals surface area contributed by atoms with Crippen LogP contribution in [0.5, 0.6) is 0 Å². The van der Waals surface area contributed by atoms with Crippen LogP contribution >= 0.6 is 11.8 Å². The number of rotatable bonds is 6. The lowest BCUT2D eigenvalue weighted by molar-refractivity contribution is -0.384. The number of hydrazine groups is 1. The first kappa shape index (κ1) is 24.6. The zero-order valence-corrected chi connectivity index (χ0v) is 20.2. The lowest BCUT2D eigenvalue weighted by Gasteiger charge is -2.14. The fraction of sp³-hybridized carbons (Fsp3) is 0.120. The number of nitro groups is 1. The number of carbonyl (C=O) groups is 2.